The normalized spacial score (nSPS) is 21.5. The highest BCUT2D eigenvalue weighted by Crippen LogP contribution is 2.16. The fourth-order valence-corrected chi connectivity index (χ4v) is 3.39. The van der Waals surface area contributed by atoms with Crippen molar-refractivity contribution < 1.29 is 9.90 Å². The number of piperazine rings is 1. The van der Waals surface area contributed by atoms with Gasteiger partial charge in [-0.15, -0.1) is 11.3 Å². The lowest BCUT2D eigenvalue weighted by molar-refractivity contribution is 0.0362. The van der Waals surface area contributed by atoms with Gasteiger partial charge in [-0.3, -0.25) is 9.69 Å². The summed E-state index contributed by atoms with van der Waals surface area (Å²) in [4.78, 5) is 20.9. The minimum Gasteiger partial charge on any atom is -0.392 e. The molecule has 7 heteroatoms. The van der Waals surface area contributed by atoms with Crippen molar-refractivity contribution in [2.75, 3.05) is 32.7 Å². The molecule has 1 aromatic rings. The van der Waals surface area contributed by atoms with Crippen LogP contribution in [-0.2, 0) is 6.42 Å². The molecule has 1 aliphatic rings. The van der Waals surface area contributed by atoms with Crippen molar-refractivity contribution in [3.05, 3.63) is 16.1 Å². The molecule has 1 aromatic heterocycles. The first kappa shape index (κ1) is 16.4. The van der Waals surface area contributed by atoms with Gasteiger partial charge in [0.25, 0.3) is 5.91 Å². The summed E-state index contributed by atoms with van der Waals surface area (Å²) in [5.74, 6) is -0.00179. The largest absolute Gasteiger partial charge is 0.392 e. The predicted octanol–water partition coefficient (Wildman–Crippen LogP) is 0.171. The number of aromatic nitrogens is 1. The van der Waals surface area contributed by atoms with Crippen LogP contribution in [0.3, 0.4) is 0 Å². The molecule has 0 aromatic carbocycles. The molecule has 118 valence electrons. The molecule has 2 rings (SSSR count). The topological polar surface area (TPSA) is 82.7 Å². The van der Waals surface area contributed by atoms with Crippen LogP contribution < -0.4 is 5.73 Å². The van der Waals surface area contributed by atoms with E-state index in [9.17, 15) is 9.90 Å². The molecule has 2 atom stereocenters. The number of hydrogen-bond donors (Lipinski definition) is 2. The van der Waals surface area contributed by atoms with E-state index in [-0.39, 0.29) is 18.1 Å². The molecule has 0 saturated carbocycles. The van der Waals surface area contributed by atoms with Crippen LogP contribution in [0.5, 0.6) is 0 Å². The zero-order valence-electron chi connectivity index (χ0n) is 12.7. The number of nitrogens with zero attached hydrogens (tertiary/aromatic N) is 3. The van der Waals surface area contributed by atoms with Gasteiger partial charge < -0.3 is 15.7 Å². The van der Waals surface area contributed by atoms with E-state index >= 15 is 0 Å². The third-order valence-corrected chi connectivity index (χ3v) is 4.59. The molecule has 0 bridgehead atoms. The number of thiazole rings is 1. The molecular weight excluding hydrogens is 288 g/mol. The van der Waals surface area contributed by atoms with Crippen molar-refractivity contribution in [3.8, 4) is 0 Å². The van der Waals surface area contributed by atoms with Gasteiger partial charge in [-0.25, -0.2) is 4.98 Å². The number of amides is 1. The van der Waals surface area contributed by atoms with Crippen LogP contribution in [-0.4, -0.2) is 70.7 Å². The molecule has 6 nitrogen and oxygen atoms in total. The van der Waals surface area contributed by atoms with Crippen LogP contribution in [0.4, 0.5) is 0 Å². The van der Waals surface area contributed by atoms with Crippen molar-refractivity contribution >= 4 is 17.2 Å². The highest BCUT2D eigenvalue weighted by Gasteiger charge is 2.28. The van der Waals surface area contributed by atoms with E-state index in [0.29, 0.717) is 31.9 Å². The number of nitrogens with two attached hydrogens (primary N) is 1. The van der Waals surface area contributed by atoms with Crippen LogP contribution in [0.15, 0.2) is 5.38 Å². The number of aliphatic hydroxyl groups excluding tert-OH is 1. The van der Waals surface area contributed by atoms with Gasteiger partial charge in [0.1, 0.15) is 5.69 Å². The maximum absolute atomic E-state index is 12.5. The highest BCUT2D eigenvalue weighted by atomic mass is 32.1. The lowest BCUT2D eigenvalue weighted by Gasteiger charge is -2.40. The zero-order chi connectivity index (χ0) is 15.4. The summed E-state index contributed by atoms with van der Waals surface area (Å²) in [7, 11) is 0. The van der Waals surface area contributed by atoms with E-state index in [4.69, 9.17) is 5.73 Å². The third-order valence-electron chi connectivity index (χ3n) is 3.68. The van der Waals surface area contributed by atoms with E-state index in [1.54, 1.807) is 6.92 Å². The van der Waals surface area contributed by atoms with Crippen molar-refractivity contribution in [3.63, 3.8) is 0 Å². The summed E-state index contributed by atoms with van der Waals surface area (Å²) in [5, 5.41) is 12.2. The molecule has 0 aliphatic carbocycles. The molecule has 0 radical (unpaired) electrons. The lowest BCUT2D eigenvalue weighted by Crippen LogP contribution is -2.55. The van der Waals surface area contributed by atoms with Gasteiger partial charge in [-0.2, -0.15) is 0 Å². The lowest BCUT2D eigenvalue weighted by atomic mass is 10.1. The summed E-state index contributed by atoms with van der Waals surface area (Å²) in [6, 6.07) is 0.249. The van der Waals surface area contributed by atoms with E-state index < -0.39 is 0 Å². The van der Waals surface area contributed by atoms with E-state index in [0.717, 1.165) is 18.0 Å². The average molecular weight is 312 g/mol. The third kappa shape index (κ3) is 4.23. The molecule has 21 heavy (non-hydrogen) atoms. The molecule has 0 spiro atoms. The van der Waals surface area contributed by atoms with Gasteiger partial charge in [-0.05, 0) is 20.4 Å². The Balaban J connectivity index is 1.95. The van der Waals surface area contributed by atoms with Crippen LogP contribution in [0.25, 0.3) is 0 Å². The van der Waals surface area contributed by atoms with Crippen molar-refractivity contribution in [1.29, 1.82) is 0 Å². The molecule has 1 amide bonds. The first-order valence-electron chi connectivity index (χ1n) is 7.37. The van der Waals surface area contributed by atoms with E-state index in [1.807, 2.05) is 10.3 Å². The van der Waals surface area contributed by atoms with Crippen LogP contribution in [0, 0.1) is 0 Å². The Labute approximate surface area is 129 Å². The number of rotatable bonds is 5. The molecule has 1 saturated heterocycles. The minimum absolute atomic E-state index is 0.00179. The fraction of sp³-hybridized carbons (Fsp3) is 0.714. The number of aliphatic hydroxyl groups is 1. The van der Waals surface area contributed by atoms with Gasteiger partial charge in [0.15, 0.2) is 0 Å². The number of carbonyl (C=O) groups is 1. The summed E-state index contributed by atoms with van der Waals surface area (Å²) < 4.78 is 0. The van der Waals surface area contributed by atoms with Gasteiger partial charge in [0, 0.05) is 44.0 Å². The zero-order valence-corrected chi connectivity index (χ0v) is 13.5. The first-order chi connectivity index (χ1) is 10.0. The summed E-state index contributed by atoms with van der Waals surface area (Å²) in [5.41, 5.74) is 6.03. The SMILES string of the molecule is CC(O)CN1CCN(C(=O)c2csc(CCN)n2)CC1C. The number of carbonyl (C=O) groups excluding carboxylic acids is 1. The van der Waals surface area contributed by atoms with E-state index in [1.165, 1.54) is 11.3 Å². The number of hydrogen-bond acceptors (Lipinski definition) is 6. The maximum atomic E-state index is 12.5. The van der Waals surface area contributed by atoms with Crippen LogP contribution in [0.1, 0.15) is 29.3 Å². The van der Waals surface area contributed by atoms with Crippen molar-refractivity contribution in [1.82, 2.24) is 14.8 Å². The second kappa shape index (κ2) is 7.31. The Morgan fingerprint density at radius 3 is 3.00 bits per heavy atom. The molecule has 3 N–H and O–H groups in total. The van der Waals surface area contributed by atoms with Crippen LogP contribution in [0.2, 0.25) is 0 Å². The quantitative estimate of drug-likeness (QED) is 0.810. The summed E-state index contributed by atoms with van der Waals surface area (Å²) in [6.07, 6.45) is 0.378. The molecule has 1 aliphatic heterocycles. The molecule has 2 unspecified atom stereocenters. The van der Waals surface area contributed by atoms with Crippen LogP contribution >= 0.6 is 11.3 Å². The standard InChI is InChI=1S/C14H24N4O2S/c1-10-7-18(6-5-17(10)8-11(2)19)14(20)12-9-21-13(16-12)3-4-15/h9-11,19H,3-8,15H2,1-2H3. The maximum Gasteiger partial charge on any atom is 0.273 e. The summed E-state index contributed by atoms with van der Waals surface area (Å²) in [6.45, 7) is 7.23. The predicted molar refractivity (Wildman–Crippen MR) is 83.5 cm³/mol. The van der Waals surface area contributed by atoms with Gasteiger partial charge in [0.05, 0.1) is 11.1 Å². The summed E-state index contributed by atoms with van der Waals surface area (Å²) >= 11 is 1.49. The second-order valence-corrected chi connectivity index (χ2v) is 6.55. The second-order valence-electron chi connectivity index (χ2n) is 5.61. The van der Waals surface area contributed by atoms with Gasteiger partial charge in [0.2, 0.25) is 0 Å². The monoisotopic (exact) mass is 312 g/mol. The highest BCUT2D eigenvalue weighted by molar-refractivity contribution is 7.09. The Kier molecular flexibility index (Phi) is 5.69. The average Bonchev–Trinajstić information content (AvgIpc) is 2.89. The Morgan fingerprint density at radius 1 is 1.62 bits per heavy atom. The fourth-order valence-electron chi connectivity index (χ4n) is 2.60. The van der Waals surface area contributed by atoms with Gasteiger partial charge >= 0.3 is 0 Å². The molecule has 2 heterocycles. The van der Waals surface area contributed by atoms with E-state index in [2.05, 4.69) is 16.8 Å². The Hall–Kier alpha value is -1.02. The number of β-amino-alcohol motifs (C(OH)–C–C–N with tert-alkyl or cyclic N) is 1. The minimum atomic E-state index is -0.341. The molecular formula is C14H24N4O2S. The Morgan fingerprint density at radius 2 is 2.38 bits per heavy atom. The smallest absolute Gasteiger partial charge is 0.273 e. The van der Waals surface area contributed by atoms with Crippen molar-refractivity contribution in [2.24, 2.45) is 5.73 Å². The molecule has 1 fully saturated rings. The van der Waals surface area contributed by atoms with Crippen molar-refractivity contribution in [2.45, 2.75) is 32.4 Å². The van der Waals surface area contributed by atoms with Gasteiger partial charge in [-0.1, -0.05) is 0 Å². The first-order valence-corrected chi connectivity index (χ1v) is 8.25. The Bertz CT molecular complexity index is 477.